The Bertz CT molecular complexity index is 394. The second-order valence-electron chi connectivity index (χ2n) is 3.32. The highest BCUT2D eigenvalue weighted by molar-refractivity contribution is 6.19. The molecule has 0 spiro atoms. The highest BCUT2D eigenvalue weighted by Crippen LogP contribution is 1.93. The van der Waals surface area contributed by atoms with E-state index in [1.54, 1.807) is 12.4 Å². The van der Waals surface area contributed by atoms with Crippen molar-refractivity contribution in [2.45, 2.75) is 19.9 Å². The fourth-order valence-electron chi connectivity index (χ4n) is 1.00. The van der Waals surface area contributed by atoms with Crippen LogP contribution in [0.25, 0.3) is 0 Å². The first kappa shape index (κ1) is 13.4. The van der Waals surface area contributed by atoms with Gasteiger partial charge in [-0.3, -0.25) is 20.1 Å². The molecule has 0 saturated heterocycles. The minimum absolute atomic E-state index is 0.110. The number of nitrogens with zero attached hydrogens (tertiary/aromatic N) is 2. The molecule has 0 aliphatic heterocycles. The first-order valence-electron chi connectivity index (χ1n) is 5.03. The van der Waals surface area contributed by atoms with Crippen molar-refractivity contribution in [1.82, 2.24) is 20.6 Å². The molecule has 0 aliphatic carbocycles. The number of alkyl halides is 1. The molecule has 0 aromatic carbocycles. The maximum atomic E-state index is 11.2. The van der Waals surface area contributed by atoms with Crippen LogP contribution < -0.4 is 10.6 Å². The van der Waals surface area contributed by atoms with Crippen LogP contribution in [0.4, 0.5) is 4.79 Å². The Morgan fingerprint density at radius 2 is 2.12 bits per heavy atom. The molecule has 1 rings (SSSR count). The predicted octanol–water partition coefficient (Wildman–Crippen LogP) is 0.740. The van der Waals surface area contributed by atoms with Gasteiger partial charge >= 0.3 is 6.03 Å². The van der Waals surface area contributed by atoms with Gasteiger partial charge in [-0.05, 0) is 6.92 Å². The molecule has 2 N–H and O–H groups in total. The molecule has 6 nitrogen and oxygen atoms in total. The molecular formula is C10H13ClN4O2. The maximum Gasteiger partial charge on any atom is 0.321 e. The van der Waals surface area contributed by atoms with E-state index in [1.807, 2.05) is 6.92 Å². The smallest absolute Gasteiger partial charge is 0.321 e. The minimum atomic E-state index is -0.567. The van der Waals surface area contributed by atoms with Crippen LogP contribution in [-0.2, 0) is 11.3 Å². The van der Waals surface area contributed by atoms with Crippen molar-refractivity contribution in [2.24, 2.45) is 0 Å². The first-order valence-corrected chi connectivity index (χ1v) is 5.56. The number of nitrogens with one attached hydrogen (secondary N) is 2. The molecule has 1 aromatic rings. The lowest BCUT2D eigenvalue weighted by Gasteiger charge is -2.05. The Kier molecular flexibility index (Phi) is 5.35. The Hall–Kier alpha value is -1.69. The highest BCUT2D eigenvalue weighted by atomic mass is 35.5. The van der Waals surface area contributed by atoms with E-state index < -0.39 is 11.9 Å². The van der Waals surface area contributed by atoms with Crippen molar-refractivity contribution < 1.29 is 9.59 Å². The van der Waals surface area contributed by atoms with E-state index in [2.05, 4.69) is 20.6 Å². The molecule has 0 bridgehead atoms. The third-order valence-corrected chi connectivity index (χ3v) is 2.03. The number of carbonyl (C=O) groups excluding carboxylic acids is 2. The summed E-state index contributed by atoms with van der Waals surface area (Å²) in [5, 5.41) is 4.63. The number of hydrogen-bond acceptors (Lipinski definition) is 4. The molecule has 0 radical (unpaired) electrons. The summed E-state index contributed by atoms with van der Waals surface area (Å²) in [6, 6.07) is -0.567. The fourth-order valence-corrected chi connectivity index (χ4v) is 1.17. The van der Waals surface area contributed by atoms with Gasteiger partial charge < -0.3 is 5.32 Å². The van der Waals surface area contributed by atoms with E-state index in [0.717, 1.165) is 5.69 Å². The van der Waals surface area contributed by atoms with Gasteiger partial charge in [0.05, 0.1) is 24.1 Å². The summed E-state index contributed by atoms with van der Waals surface area (Å²) in [6.07, 6.45) is 3.28. The summed E-state index contributed by atoms with van der Waals surface area (Å²) in [6.45, 7) is 2.04. The number of urea groups is 1. The number of imide groups is 1. The normalized spacial score (nSPS) is 9.76. The van der Waals surface area contributed by atoms with E-state index in [-0.39, 0.29) is 18.8 Å². The average Bonchev–Trinajstić information content (AvgIpc) is 2.28. The molecule has 17 heavy (non-hydrogen) atoms. The van der Waals surface area contributed by atoms with Gasteiger partial charge in [-0.15, -0.1) is 11.6 Å². The van der Waals surface area contributed by atoms with Crippen LogP contribution in [0.1, 0.15) is 17.8 Å². The van der Waals surface area contributed by atoms with Gasteiger partial charge in [0.1, 0.15) is 0 Å². The Balaban J connectivity index is 2.33. The zero-order valence-corrected chi connectivity index (χ0v) is 10.1. The van der Waals surface area contributed by atoms with Crippen molar-refractivity contribution in [3.63, 3.8) is 0 Å². The number of aryl methyl sites for hydroxylation is 1. The number of hydrogen-bond donors (Lipinski definition) is 2. The third kappa shape index (κ3) is 5.26. The average molecular weight is 257 g/mol. The molecule has 0 atom stereocenters. The molecule has 1 aromatic heterocycles. The van der Waals surface area contributed by atoms with E-state index in [0.29, 0.717) is 5.69 Å². The third-order valence-electron chi connectivity index (χ3n) is 1.84. The van der Waals surface area contributed by atoms with Crippen LogP contribution >= 0.6 is 11.6 Å². The topological polar surface area (TPSA) is 84.0 Å². The molecule has 0 unspecified atom stereocenters. The molecule has 0 fully saturated rings. The van der Waals surface area contributed by atoms with Gasteiger partial charge in [0.25, 0.3) is 0 Å². The van der Waals surface area contributed by atoms with Gasteiger partial charge in [0, 0.05) is 18.5 Å². The Morgan fingerprint density at radius 3 is 2.71 bits per heavy atom. The summed E-state index contributed by atoms with van der Waals surface area (Å²) in [5.74, 6) is -0.227. The van der Waals surface area contributed by atoms with E-state index in [4.69, 9.17) is 11.6 Å². The van der Waals surface area contributed by atoms with Crippen LogP contribution in [0.5, 0.6) is 0 Å². The number of aromatic nitrogens is 2. The van der Waals surface area contributed by atoms with Crippen LogP contribution in [0.15, 0.2) is 12.4 Å². The van der Waals surface area contributed by atoms with Crippen molar-refractivity contribution in [2.75, 3.05) is 5.88 Å². The zero-order valence-electron chi connectivity index (χ0n) is 9.36. The van der Waals surface area contributed by atoms with Crippen molar-refractivity contribution in [1.29, 1.82) is 0 Å². The van der Waals surface area contributed by atoms with Crippen LogP contribution in [0.3, 0.4) is 0 Å². The molecule has 3 amide bonds. The van der Waals surface area contributed by atoms with E-state index in [1.165, 1.54) is 0 Å². The second kappa shape index (κ2) is 6.80. The molecule has 1 heterocycles. The number of amides is 3. The molecule has 7 heteroatoms. The van der Waals surface area contributed by atoms with Crippen LogP contribution in [0, 0.1) is 6.92 Å². The van der Waals surface area contributed by atoms with Gasteiger partial charge in [0.2, 0.25) is 5.91 Å². The van der Waals surface area contributed by atoms with Gasteiger partial charge in [-0.2, -0.15) is 0 Å². The lowest BCUT2D eigenvalue weighted by Crippen LogP contribution is -2.39. The number of carbonyl (C=O) groups is 2. The maximum absolute atomic E-state index is 11.2. The summed E-state index contributed by atoms with van der Waals surface area (Å²) in [7, 11) is 0. The molecular weight excluding hydrogens is 244 g/mol. The largest absolute Gasteiger partial charge is 0.332 e. The summed E-state index contributed by atoms with van der Waals surface area (Å²) in [4.78, 5) is 30.3. The number of rotatable bonds is 4. The monoisotopic (exact) mass is 256 g/mol. The summed E-state index contributed by atoms with van der Waals surface area (Å²) >= 11 is 5.36. The quantitative estimate of drug-likeness (QED) is 0.779. The highest BCUT2D eigenvalue weighted by Gasteiger charge is 2.06. The van der Waals surface area contributed by atoms with Crippen molar-refractivity contribution >= 4 is 23.5 Å². The molecule has 0 aliphatic rings. The SMILES string of the molecule is Cc1cnc(CNC(=O)NC(=O)CCCl)cn1. The Morgan fingerprint density at radius 1 is 1.35 bits per heavy atom. The van der Waals surface area contributed by atoms with Crippen molar-refractivity contribution in [3.05, 3.63) is 23.8 Å². The first-order chi connectivity index (χ1) is 8.11. The van der Waals surface area contributed by atoms with Gasteiger partial charge in [0.15, 0.2) is 0 Å². The molecule has 0 saturated carbocycles. The van der Waals surface area contributed by atoms with Crippen LogP contribution in [0.2, 0.25) is 0 Å². The van der Waals surface area contributed by atoms with Gasteiger partial charge in [-0.1, -0.05) is 0 Å². The lowest BCUT2D eigenvalue weighted by molar-refractivity contribution is -0.119. The lowest BCUT2D eigenvalue weighted by atomic mass is 10.4. The summed E-state index contributed by atoms with van der Waals surface area (Å²) in [5.41, 5.74) is 1.42. The van der Waals surface area contributed by atoms with E-state index in [9.17, 15) is 9.59 Å². The second-order valence-corrected chi connectivity index (χ2v) is 3.70. The summed E-state index contributed by atoms with van der Waals surface area (Å²) < 4.78 is 0. The van der Waals surface area contributed by atoms with Crippen molar-refractivity contribution in [3.8, 4) is 0 Å². The standard InChI is InChI=1S/C10H13ClN4O2/c1-7-4-13-8(5-12-7)6-14-10(17)15-9(16)2-3-11/h4-5H,2-3,6H2,1H3,(H2,14,15,16,17). The Labute approximate surface area is 104 Å². The molecule has 92 valence electrons. The number of halogens is 1. The van der Waals surface area contributed by atoms with Gasteiger partial charge in [-0.25, -0.2) is 4.79 Å². The minimum Gasteiger partial charge on any atom is -0.332 e. The predicted molar refractivity (Wildman–Crippen MR) is 62.5 cm³/mol. The zero-order chi connectivity index (χ0) is 12.7. The van der Waals surface area contributed by atoms with E-state index >= 15 is 0 Å². The van der Waals surface area contributed by atoms with Crippen LogP contribution in [-0.4, -0.2) is 27.8 Å². The fraction of sp³-hybridized carbons (Fsp3) is 0.400.